The molecule has 0 aliphatic carbocycles. The van der Waals surface area contributed by atoms with Gasteiger partial charge in [0.25, 0.3) is 0 Å². The molecular weight excluding hydrogens is 235 g/mol. The first-order valence-corrected chi connectivity index (χ1v) is 6.03. The van der Waals surface area contributed by atoms with Crippen molar-refractivity contribution < 1.29 is 17.6 Å². The molecule has 0 amide bonds. The molecule has 0 saturated carbocycles. The number of hydrogen-bond acceptors (Lipinski definition) is 4. The maximum absolute atomic E-state index is 12.9. The summed E-state index contributed by atoms with van der Waals surface area (Å²) in [5.74, 6) is 4.32. The van der Waals surface area contributed by atoms with Gasteiger partial charge in [-0.15, -0.1) is 0 Å². The molecule has 0 spiro atoms. The lowest BCUT2D eigenvalue weighted by molar-refractivity contribution is 0.143. The van der Waals surface area contributed by atoms with Crippen LogP contribution in [-0.2, 0) is 14.9 Å². The fraction of sp³-hybridized carbons (Fsp3) is 0.333. The van der Waals surface area contributed by atoms with Crippen LogP contribution < -0.4 is 10.6 Å². The van der Waals surface area contributed by atoms with Crippen LogP contribution in [0.3, 0.4) is 0 Å². The van der Waals surface area contributed by atoms with E-state index < -0.39 is 15.8 Å². The molecule has 90 valence electrons. The van der Waals surface area contributed by atoms with Gasteiger partial charge in [0.15, 0.2) is 0 Å². The molecule has 1 aromatic rings. The Morgan fingerprint density at radius 2 is 2.19 bits per heavy atom. The zero-order valence-corrected chi connectivity index (χ0v) is 9.55. The van der Waals surface area contributed by atoms with Gasteiger partial charge in [-0.05, 0) is 30.7 Å². The maximum atomic E-state index is 12.9. The maximum Gasteiger partial charge on any atom is 0.240 e. The van der Waals surface area contributed by atoms with E-state index in [1.54, 1.807) is 0 Å². The van der Waals surface area contributed by atoms with E-state index in [1.807, 2.05) is 0 Å². The number of halogens is 1. The molecule has 1 aromatic carbocycles. The van der Waals surface area contributed by atoms with Crippen molar-refractivity contribution in [3.63, 3.8) is 0 Å². The van der Waals surface area contributed by atoms with E-state index in [4.69, 9.17) is 5.90 Å². The lowest BCUT2D eigenvalue weighted by Gasteiger charge is -2.06. The lowest BCUT2D eigenvalue weighted by atomic mass is 10.2. The highest BCUT2D eigenvalue weighted by Crippen LogP contribution is 2.13. The molecule has 5 nitrogen and oxygen atoms in total. The van der Waals surface area contributed by atoms with E-state index >= 15 is 0 Å². The second-order valence-corrected chi connectivity index (χ2v) is 4.95. The van der Waals surface area contributed by atoms with Gasteiger partial charge in [-0.3, -0.25) is 0 Å². The van der Waals surface area contributed by atoms with Crippen molar-refractivity contribution in [1.82, 2.24) is 4.72 Å². The van der Waals surface area contributed by atoms with Gasteiger partial charge in [0.2, 0.25) is 10.0 Å². The fourth-order valence-corrected chi connectivity index (χ4v) is 2.20. The number of hydrogen-bond donors (Lipinski definition) is 2. The van der Waals surface area contributed by atoms with E-state index in [0.717, 1.165) is 6.07 Å². The Hall–Kier alpha value is -1.02. The van der Waals surface area contributed by atoms with E-state index in [-0.39, 0.29) is 23.6 Å². The molecule has 3 N–H and O–H groups in total. The van der Waals surface area contributed by atoms with E-state index in [9.17, 15) is 12.8 Å². The summed E-state index contributed by atoms with van der Waals surface area (Å²) in [6.07, 6.45) is 0. The normalized spacial score (nSPS) is 11.7. The van der Waals surface area contributed by atoms with Crippen LogP contribution in [0.1, 0.15) is 5.56 Å². The summed E-state index contributed by atoms with van der Waals surface area (Å²) in [5, 5.41) is 0. The molecular formula is C9H13FN2O3S. The second kappa shape index (κ2) is 5.35. The third-order valence-electron chi connectivity index (χ3n) is 1.95. The van der Waals surface area contributed by atoms with Gasteiger partial charge < -0.3 is 4.84 Å². The highest BCUT2D eigenvalue weighted by Gasteiger charge is 2.14. The number of sulfonamides is 1. The molecule has 0 bridgehead atoms. The Morgan fingerprint density at radius 3 is 2.75 bits per heavy atom. The third kappa shape index (κ3) is 3.24. The van der Waals surface area contributed by atoms with E-state index in [2.05, 4.69) is 9.56 Å². The summed E-state index contributed by atoms with van der Waals surface area (Å²) in [7, 11) is -3.62. The Balaban J connectivity index is 2.86. The topological polar surface area (TPSA) is 81.4 Å². The summed E-state index contributed by atoms with van der Waals surface area (Å²) in [6, 6.07) is 3.58. The number of benzene rings is 1. The molecule has 0 atom stereocenters. The van der Waals surface area contributed by atoms with Gasteiger partial charge in [0.05, 0.1) is 11.5 Å². The summed E-state index contributed by atoms with van der Waals surface area (Å²) in [6.45, 7) is 1.63. The van der Waals surface area contributed by atoms with Gasteiger partial charge in [-0.1, -0.05) is 0 Å². The molecule has 0 fully saturated rings. The minimum absolute atomic E-state index is 0.0171. The van der Waals surface area contributed by atoms with Gasteiger partial charge >= 0.3 is 0 Å². The minimum atomic E-state index is -3.62. The number of aryl methyl sites for hydroxylation is 1. The predicted molar refractivity (Wildman–Crippen MR) is 56.5 cm³/mol. The Kier molecular flexibility index (Phi) is 4.36. The summed E-state index contributed by atoms with van der Waals surface area (Å²) in [5.41, 5.74) is 0.276. The molecule has 0 aliphatic heterocycles. The van der Waals surface area contributed by atoms with Crippen LogP contribution in [0.2, 0.25) is 0 Å². The second-order valence-electron chi connectivity index (χ2n) is 3.18. The van der Waals surface area contributed by atoms with Crippen LogP contribution in [0.5, 0.6) is 0 Å². The quantitative estimate of drug-likeness (QED) is 0.580. The molecule has 0 saturated heterocycles. The monoisotopic (exact) mass is 248 g/mol. The SMILES string of the molecule is Cc1cc(S(=O)(=O)NCCON)ccc1F. The number of nitrogens with one attached hydrogen (secondary N) is 1. The average molecular weight is 248 g/mol. The fourth-order valence-electron chi connectivity index (χ4n) is 1.10. The van der Waals surface area contributed by atoms with Crippen LogP contribution in [0.25, 0.3) is 0 Å². The Morgan fingerprint density at radius 1 is 1.50 bits per heavy atom. The van der Waals surface area contributed by atoms with Gasteiger partial charge in [0, 0.05) is 6.54 Å². The smallest absolute Gasteiger partial charge is 0.240 e. The molecule has 7 heteroatoms. The molecule has 0 aromatic heterocycles. The molecule has 0 aliphatic rings. The summed E-state index contributed by atoms with van der Waals surface area (Å²) in [4.78, 5) is 4.25. The summed E-state index contributed by atoms with van der Waals surface area (Å²) < 4.78 is 38.5. The van der Waals surface area contributed by atoms with Crippen molar-refractivity contribution >= 4 is 10.0 Å². The predicted octanol–water partition coefficient (Wildman–Crippen LogP) is 0.303. The minimum Gasteiger partial charge on any atom is -0.303 e. The van der Waals surface area contributed by atoms with Crippen LogP contribution in [0, 0.1) is 12.7 Å². The average Bonchev–Trinajstić information content (AvgIpc) is 2.22. The van der Waals surface area contributed by atoms with Crippen molar-refractivity contribution in [3.05, 3.63) is 29.6 Å². The third-order valence-corrected chi connectivity index (χ3v) is 3.41. The Labute approximate surface area is 93.4 Å². The molecule has 0 heterocycles. The van der Waals surface area contributed by atoms with Gasteiger partial charge in [-0.2, -0.15) is 0 Å². The van der Waals surface area contributed by atoms with Gasteiger partial charge in [-0.25, -0.2) is 23.4 Å². The molecule has 16 heavy (non-hydrogen) atoms. The van der Waals surface area contributed by atoms with Crippen molar-refractivity contribution in [2.24, 2.45) is 5.90 Å². The number of nitrogens with two attached hydrogens (primary N) is 1. The van der Waals surface area contributed by atoms with Crippen LogP contribution in [0.15, 0.2) is 23.1 Å². The zero-order chi connectivity index (χ0) is 12.2. The van der Waals surface area contributed by atoms with Crippen molar-refractivity contribution in [1.29, 1.82) is 0 Å². The first kappa shape index (κ1) is 13.0. The molecule has 0 radical (unpaired) electrons. The first-order chi connectivity index (χ1) is 7.47. The number of rotatable bonds is 5. The van der Waals surface area contributed by atoms with Crippen molar-refractivity contribution in [2.45, 2.75) is 11.8 Å². The molecule has 0 unspecified atom stereocenters. The van der Waals surface area contributed by atoms with E-state index in [1.165, 1.54) is 19.1 Å². The first-order valence-electron chi connectivity index (χ1n) is 4.55. The standard InChI is InChI=1S/C9H13FN2O3S/c1-7-6-8(2-3-9(7)10)16(13,14)12-4-5-15-11/h2-3,6,12H,4-5,11H2,1H3. The summed E-state index contributed by atoms with van der Waals surface area (Å²) >= 11 is 0. The highest BCUT2D eigenvalue weighted by molar-refractivity contribution is 7.89. The van der Waals surface area contributed by atoms with Crippen molar-refractivity contribution in [3.8, 4) is 0 Å². The van der Waals surface area contributed by atoms with Crippen molar-refractivity contribution in [2.75, 3.05) is 13.2 Å². The van der Waals surface area contributed by atoms with Crippen LogP contribution >= 0.6 is 0 Å². The lowest BCUT2D eigenvalue weighted by Crippen LogP contribution is -2.28. The Bertz CT molecular complexity index is 462. The van der Waals surface area contributed by atoms with Crippen LogP contribution in [-0.4, -0.2) is 21.6 Å². The van der Waals surface area contributed by atoms with Gasteiger partial charge in [0.1, 0.15) is 5.82 Å². The largest absolute Gasteiger partial charge is 0.303 e. The zero-order valence-electron chi connectivity index (χ0n) is 8.73. The highest BCUT2D eigenvalue weighted by atomic mass is 32.2. The van der Waals surface area contributed by atoms with E-state index in [0.29, 0.717) is 0 Å². The van der Waals surface area contributed by atoms with Crippen LogP contribution in [0.4, 0.5) is 4.39 Å². The molecule has 1 rings (SSSR count).